The van der Waals surface area contributed by atoms with Crippen molar-refractivity contribution in [1.82, 2.24) is 9.97 Å². The molecule has 0 aliphatic carbocycles. The number of ether oxygens (including phenoxy) is 1. The summed E-state index contributed by atoms with van der Waals surface area (Å²) in [6, 6.07) is 5.03. The highest BCUT2D eigenvalue weighted by molar-refractivity contribution is 6.33. The Hall–Kier alpha value is -1.72. The molecule has 1 aliphatic rings. The van der Waals surface area contributed by atoms with Gasteiger partial charge in [0.05, 0.1) is 10.7 Å². The number of hydrogen-bond donors (Lipinski definition) is 1. The summed E-state index contributed by atoms with van der Waals surface area (Å²) < 4.78 is 19.0. The minimum absolute atomic E-state index is 0.128. The molecule has 0 amide bonds. The third-order valence-corrected chi connectivity index (χ3v) is 4.70. The fourth-order valence-corrected chi connectivity index (χ4v) is 3.17. The van der Waals surface area contributed by atoms with Crippen LogP contribution in [0.2, 0.25) is 5.02 Å². The van der Waals surface area contributed by atoms with E-state index in [1.54, 1.807) is 6.07 Å². The van der Waals surface area contributed by atoms with Crippen molar-refractivity contribution in [2.75, 3.05) is 18.9 Å². The molecule has 23 heavy (non-hydrogen) atoms. The van der Waals surface area contributed by atoms with Crippen LogP contribution in [0, 0.1) is 11.4 Å². The quantitative estimate of drug-likeness (QED) is 0.865. The Balaban J connectivity index is 2.03. The van der Waals surface area contributed by atoms with Crippen LogP contribution in [0.3, 0.4) is 0 Å². The highest BCUT2D eigenvalue weighted by atomic mass is 35.5. The van der Waals surface area contributed by atoms with E-state index in [0.717, 1.165) is 38.0 Å². The summed E-state index contributed by atoms with van der Waals surface area (Å²) in [5.41, 5.74) is 8.13. The predicted octanol–water partition coefficient (Wildman–Crippen LogP) is 3.88. The fraction of sp³-hybridized carbons (Fsp3) is 0.412. The smallest absolute Gasteiger partial charge is 0.213 e. The van der Waals surface area contributed by atoms with Crippen LogP contribution in [-0.2, 0) is 11.2 Å². The number of nitrogens with zero attached hydrogens (tertiary/aromatic N) is 2. The van der Waals surface area contributed by atoms with E-state index in [9.17, 15) is 4.39 Å². The number of pyridine rings is 2. The molecule has 2 aromatic rings. The molecule has 0 atom stereocenters. The zero-order valence-electron chi connectivity index (χ0n) is 13.0. The van der Waals surface area contributed by atoms with Crippen molar-refractivity contribution in [1.29, 1.82) is 0 Å². The molecule has 3 rings (SSSR count). The van der Waals surface area contributed by atoms with E-state index in [1.165, 1.54) is 12.3 Å². The first-order chi connectivity index (χ1) is 11.0. The number of nitrogen functional groups attached to an aromatic ring is 1. The van der Waals surface area contributed by atoms with Crippen LogP contribution in [0.4, 0.5) is 10.2 Å². The summed E-state index contributed by atoms with van der Waals surface area (Å²) in [5.74, 6) is -0.203. The van der Waals surface area contributed by atoms with Crippen LogP contribution in [0.1, 0.15) is 25.3 Å². The van der Waals surface area contributed by atoms with Gasteiger partial charge >= 0.3 is 0 Å². The summed E-state index contributed by atoms with van der Waals surface area (Å²) in [6.07, 6.45) is 4.08. The third-order valence-electron chi connectivity index (χ3n) is 4.39. The van der Waals surface area contributed by atoms with Crippen LogP contribution >= 0.6 is 11.6 Å². The topological polar surface area (TPSA) is 61.0 Å². The Morgan fingerprint density at radius 2 is 2.09 bits per heavy atom. The molecule has 2 aromatic heterocycles. The van der Waals surface area contributed by atoms with Gasteiger partial charge in [0.1, 0.15) is 5.82 Å². The van der Waals surface area contributed by atoms with E-state index in [2.05, 4.69) is 16.9 Å². The van der Waals surface area contributed by atoms with Crippen molar-refractivity contribution in [2.45, 2.75) is 26.2 Å². The standard InChI is InChI=1S/C17H19ClFN3O/c1-17(4-6-23-7-5-17)9-11-2-3-15(20)22-16(11)12-8-14(19)21-10-13(12)18/h2-3,8,10H,4-7,9H2,1H3,(H2,20,22). The second-order valence-corrected chi connectivity index (χ2v) is 6.74. The molecule has 1 saturated heterocycles. The van der Waals surface area contributed by atoms with Gasteiger partial charge in [0.25, 0.3) is 0 Å². The van der Waals surface area contributed by atoms with Gasteiger partial charge in [-0.3, -0.25) is 0 Å². The number of hydrogen-bond acceptors (Lipinski definition) is 4. The van der Waals surface area contributed by atoms with Gasteiger partial charge in [-0.2, -0.15) is 4.39 Å². The zero-order valence-corrected chi connectivity index (χ0v) is 13.7. The molecule has 6 heteroatoms. The Labute approximate surface area is 139 Å². The monoisotopic (exact) mass is 335 g/mol. The molecular weight excluding hydrogens is 317 g/mol. The van der Waals surface area contributed by atoms with Gasteiger partial charge in [0.15, 0.2) is 0 Å². The zero-order chi connectivity index (χ0) is 16.4. The fourth-order valence-electron chi connectivity index (χ4n) is 2.97. The molecule has 1 fully saturated rings. The molecule has 2 N–H and O–H groups in total. The minimum atomic E-state index is -0.586. The maximum absolute atomic E-state index is 13.6. The first-order valence-electron chi connectivity index (χ1n) is 7.61. The van der Waals surface area contributed by atoms with Gasteiger partial charge in [-0.1, -0.05) is 24.6 Å². The SMILES string of the molecule is CC1(Cc2ccc(N)nc2-c2cc(F)ncc2Cl)CCOCC1. The molecule has 122 valence electrons. The minimum Gasteiger partial charge on any atom is -0.384 e. The van der Waals surface area contributed by atoms with Crippen LogP contribution < -0.4 is 5.73 Å². The van der Waals surface area contributed by atoms with Crippen LogP contribution in [0.25, 0.3) is 11.3 Å². The second kappa shape index (κ2) is 6.42. The van der Waals surface area contributed by atoms with E-state index < -0.39 is 5.95 Å². The lowest BCUT2D eigenvalue weighted by Crippen LogP contribution is -2.29. The average molecular weight is 336 g/mol. The largest absolute Gasteiger partial charge is 0.384 e. The van der Waals surface area contributed by atoms with E-state index in [-0.39, 0.29) is 5.41 Å². The van der Waals surface area contributed by atoms with Gasteiger partial charge in [-0.05, 0) is 36.3 Å². The number of aromatic nitrogens is 2. The lowest BCUT2D eigenvalue weighted by Gasteiger charge is -2.34. The number of halogens is 2. The average Bonchev–Trinajstić information content (AvgIpc) is 2.52. The Kier molecular flexibility index (Phi) is 4.50. The highest BCUT2D eigenvalue weighted by Gasteiger charge is 2.29. The first-order valence-corrected chi connectivity index (χ1v) is 7.99. The molecule has 0 bridgehead atoms. The summed E-state index contributed by atoms with van der Waals surface area (Å²) in [4.78, 5) is 7.98. The van der Waals surface area contributed by atoms with E-state index in [4.69, 9.17) is 22.1 Å². The van der Waals surface area contributed by atoms with Crippen molar-refractivity contribution >= 4 is 17.4 Å². The molecule has 0 radical (unpaired) electrons. The summed E-state index contributed by atoms with van der Waals surface area (Å²) >= 11 is 6.20. The van der Waals surface area contributed by atoms with Crippen LogP contribution in [0.15, 0.2) is 24.4 Å². The Morgan fingerprint density at radius 3 is 2.83 bits per heavy atom. The summed E-state index contributed by atoms with van der Waals surface area (Å²) in [7, 11) is 0. The highest BCUT2D eigenvalue weighted by Crippen LogP contribution is 2.37. The van der Waals surface area contributed by atoms with Crippen molar-refractivity contribution in [2.24, 2.45) is 5.41 Å². The normalized spacial score (nSPS) is 17.2. The van der Waals surface area contributed by atoms with Gasteiger partial charge < -0.3 is 10.5 Å². The van der Waals surface area contributed by atoms with Crippen molar-refractivity contribution in [3.8, 4) is 11.3 Å². The molecule has 1 aliphatic heterocycles. The molecular formula is C17H19ClFN3O. The molecule has 4 nitrogen and oxygen atoms in total. The van der Waals surface area contributed by atoms with Crippen molar-refractivity contribution in [3.05, 3.63) is 40.9 Å². The summed E-state index contributed by atoms with van der Waals surface area (Å²) in [6.45, 7) is 3.77. The van der Waals surface area contributed by atoms with Gasteiger partial charge in [-0.15, -0.1) is 0 Å². The third kappa shape index (κ3) is 3.62. The molecule has 3 heterocycles. The van der Waals surface area contributed by atoms with E-state index in [1.807, 2.05) is 6.07 Å². The van der Waals surface area contributed by atoms with E-state index in [0.29, 0.717) is 22.1 Å². The summed E-state index contributed by atoms with van der Waals surface area (Å²) in [5, 5.41) is 0.364. The molecule has 0 unspecified atom stereocenters. The number of nitrogens with two attached hydrogens (primary N) is 1. The first kappa shape index (κ1) is 16.1. The second-order valence-electron chi connectivity index (χ2n) is 6.33. The lowest BCUT2D eigenvalue weighted by molar-refractivity contribution is 0.0241. The van der Waals surface area contributed by atoms with Crippen LogP contribution in [0.5, 0.6) is 0 Å². The molecule has 0 saturated carbocycles. The van der Waals surface area contributed by atoms with Crippen LogP contribution in [-0.4, -0.2) is 23.2 Å². The van der Waals surface area contributed by atoms with E-state index >= 15 is 0 Å². The van der Waals surface area contributed by atoms with Crippen molar-refractivity contribution < 1.29 is 9.13 Å². The number of anilines is 1. The van der Waals surface area contributed by atoms with Gasteiger partial charge in [-0.25, -0.2) is 9.97 Å². The Bertz CT molecular complexity index is 717. The molecule has 0 aromatic carbocycles. The Morgan fingerprint density at radius 1 is 1.35 bits per heavy atom. The maximum Gasteiger partial charge on any atom is 0.213 e. The van der Waals surface area contributed by atoms with Crippen molar-refractivity contribution in [3.63, 3.8) is 0 Å². The maximum atomic E-state index is 13.6. The number of rotatable bonds is 3. The predicted molar refractivity (Wildman–Crippen MR) is 88.7 cm³/mol. The van der Waals surface area contributed by atoms with Gasteiger partial charge in [0.2, 0.25) is 5.95 Å². The lowest BCUT2D eigenvalue weighted by atomic mass is 9.76. The molecule has 0 spiro atoms. The van der Waals surface area contributed by atoms with Gasteiger partial charge in [0, 0.05) is 31.0 Å².